The largest absolute Gasteiger partial charge is 0.493 e. The molecule has 0 unspecified atom stereocenters. The number of ether oxygens (including phenoxy) is 2. The summed E-state index contributed by atoms with van der Waals surface area (Å²) in [5.41, 5.74) is 3.70. The lowest BCUT2D eigenvalue weighted by molar-refractivity contribution is -0.120. The van der Waals surface area contributed by atoms with E-state index in [1.54, 1.807) is 38.5 Å². The van der Waals surface area contributed by atoms with Gasteiger partial charge in [0.05, 0.1) is 25.5 Å². The van der Waals surface area contributed by atoms with E-state index in [-0.39, 0.29) is 11.6 Å². The number of rotatable bonds is 6. The SMILES string of the molecule is COc1ccc(NC2=C(c3cccs3)C(=O)N(c3cccc(C)c3C)C2=O)cc1OC. The molecule has 31 heavy (non-hydrogen) atoms. The minimum absolute atomic E-state index is 0.237. The third-order valence-electron chi connectivity index (χ3n) is 5.32. The molecule has 0 aliphatic carbocycles. The molecule has 0 bridgehead atoms. The zero-order chi connectivity index (χ0) is 22.1. The van der Waals surface area contributed by atoms with Crippen LogP contribution in [0.5, 0.6) is 11.5 Å². The van der Waals surface area contributed by atoms with E-state index in [0.717, 1.165) is 16.0 Å². The Bertz CT molecular complexity index is 1200. The number of hydrogen-bond acceptors (Lipinski definition) is 6. The summed E-state index contributed by atoms with van der Waals surface area (Å²) in [6.45, 7) is 3.87. The van der Waals surface area contributed by atoms with Crippen molar-refractivity contribution >= 4 is 40.1 Å². The molecule has 7 heteroatoms. The molecule has 2 aromatic carbocycles. The fourth-order valence-electron chi connectivity index (χ4n) is 3.55. The number of nitrogens with zero attached hydrogens (tertiary/aromatic N) is 1. The lowest BCUT2D eigenvalue weighted by Crippen LogP contribution is -2.33. The van der Waals surface area contributed by atoms with Gasteiger partial charge in [-0.05, 0) is 54.6 Å². The van der Waals surface area contributed by atoms with Crippen LogP contribution in [-0.4, -0.2) is 26.0 Å². The summed E-state index contributed by atoms with van der Waals surface area (Å²) in [5.74, 6) is 0.362. The number of carbonyl (C=O) groups excluding carboxylic acids is 2. The number of aryl methyl sites for hydroxylation is 1. The van der Waals surface area contributed by atoms with Crippen molar-refractivity contribution in [1.82, 2.24) is 0 Å². The number of nitrogens with one attached hydrogen (secondary N) is 1. The summed E-state index contributed by atoms with van der Waals surface area (Å²) in [5, 5.41) is 5.04. The van der Waals surface area contributed by atoms with E-state index in [4.69, 9.17) is 9.47 Å². The standard InChI is InChI=1S/C24H22N2O4S/c1-14-7-5-8-17(15(14)2)26-23(27)21(20-9-6-12-31-20)22(24(26)28)25-16-10-11-18(29-3)19(13-16)30-4/h5-13,25H,1-4H3. The number of thiophene rings is 1. The van der Waals surface area contributed by atoms with Crippen molar-refractivity contribution in [3.8, 4) is 11.5 Å². The van der Waals surface area contributed by atoms with Gasteiger partial charge in [-0.25, -0.2) is 4.90 Å². The highest BCUT2D eigenvalue weighted by Gasteiger charge is 2.41. The summed E-state index contributed by atoms with van der Waals surface area (Å²) in [6, 6.07) is 14.6. The molecule has 0 fully saturated rings. The zero-order valence-corrected chi connectivity index (χ0v) is 18.5. The Hall–Kier alpha value is -3.58. The highest BCUT2D eigenvalue weighted by molar-refractivity contribution is 7.11. The van der Waals surface area contributed by atoms with Crippen molar-refractivity contribution in [2.75, 3.05) is 24.4 Å². The molecule has 6 nitrogen and oxygen atoms in total. The van der Waals surface area contributed by atoms with Gasteiger partial charge in [-0.15, -0.1) is 11.3 Å². The molecule has 4 rings (SSSR count). The van der Waals surface area contributed by atoms with Crippen molar-refractivity contribution in [2.45, 2.75) is 13.8 Å². The van der Waals surface area contributed by atoms with Crippen molar-refractivity contribution in [2.24, 2.45) is 0 Å². The molecule has 2 heterocycles. The first-order valence-electron chi connectivity index (χ1n) is 9.68. The normalized spacial score (nSPS) is 13.7. The molecule has 0 radical (unpaired) electrons. The Labute approximate surface area is 184 Å². The third kappa shape index (κ3) is 3.57. The zero-order valence-electron chi connectivity index (χ0n) is 17.7. The van der Waals surface area contributed by atoms with Gasteiger partial charge in [0.1, 0.15) is 5.70 Å². The van der Waals surface area contributed by atoms with Gasteiger partial charge in [-0.1, -0.05) is 18.2 Å². The number of imide groups is 1. The van der Waals surface area contributed by atoms with E-state index < -0.39 is 5.91 Å². The second-order valence-corrected chi connectivity index (χ2v) is 8.03. The first-order chi connectivity index (χ1) is 15.0. The second kappa shape index (κ2) is 8.28. The van der Waals surface area contributed by atoms with E-state index in [2.05, 4.69) is 5.32 Å². The van der Waals surface area contributed by atoms with Crippen LogP contribution in [0.25, 0.3) is 5.57 Å². The molecule has 1 aliphatic heterocycles. The van der Waals surface area contributed by atoms with Crippen molar-refractivity contribution in [3.63, 3.8) is 0 Å². The number of anilines is 2. The predicted molar refractivity (Wildman–Crippen MR) is 123 cm³/mol. The number of carbonyl (C=O) groups is 2. The number of benzene rings is 2. The molecule has 1 N–H and O–H groups in total. The van der Waals surface area contributed by atoms with Crippen LogP contribution in [0.15, 0.2) is 59.6 Å². The highest BCUT2D eigenvalue weighted by atomic mass is 32.1. The molecule has 0 saturated heterocycles. The second-order valence-electron chi connectivity index (χ2n) is 7.09. The third-order valence-corrected chi connectivity index (χ3v) is 6.21. The quantitative estimate of drug-likeness (QED) is 0.566. The molecule has 1 aliphatic rings. The van der Waals surface area contributed by atoms with Gasteiger partial charge in [0, 0.05) is 16.6 Å². The first-order valence-corrected chi connectivity index (χ1v) is 10.6. The van der Waals surface area contributed by atoms with Crippen molar-refractivity contribution in [3.05, 3.63) is 75.6 Å². The van der Waals surface area contributed by atoms with Gasteiger partial charge < -0.3 is 14.8 Å². The average molecular weight is 435 g/mol. The molecule has 3 aromatic rings. The van der Waals surface area contributed by atoms with Gasteiger partial charge in [-0.3, -0.25) is 9.59 Å². The summed E-state index contributed by atoms with van der Waals surface area (Å²) in [4.78, 5) is 29.0. The monoisotopic (exact) mass is 434 g/mol. The predicted octanol–water partition coefficient (Wildman–Crippen LogP) is 4.78. The van der Waals surface area contributed by atoms with E-state index in [1.165, 1.54) is 16.2 Å². The van der Waals surface area contributed by atoms with E-state index in [9.17, 15) is 9.59 Å². The number of hydrogen-bond donors (Lipinski definition) is 1. The van der Waals surface area contributed by atoms with Crippen LogP contribution in [0.2, 0.25) is 0 Å². The molecular formula is C24H22N2O4S. The van der Waals surface area contributed by atoms with Crippen molar-refractivity contribution in [1.29, 1.82) is 0 Å². The fraction of sp³-hybridized carbons (Fsp3) is 0.167. The van der Waals surface area contributed by atoms with Crippen LogP contribution >= 0.6 is 11.3 Å². The number of methoxy groups -OCH3 is 2. The maximum atomic E-state index is 13.5. The molecule has 0 spiro atoms. The summed E-state index contributed by atoms with van der Waals surface area (Å²) in [6.07, 6.45) is 0. The summed E-state index contributed by atoms with van der Waals surface area (Å²) < 4.78 is 10.7. The van der Waals surface area contributed by atoms with Gasteiger partial charge >= 0.3 is 0 Å². The molecular weight excluding hydrogens is 412 g/mol. The summed E-state index contributed by atoms with van der Waals surface area (Å²) >= 11 is 1.42. The van der Waals surface area contributed by atoms with Gasteiger partial charge in [0.15, 0.2) is 11.5 Å². The topological polar surface area (TPSA) is 67.9 Å². The van der Waals surface area contributed by atoms with E-state index in [1.807, 2.05) is 43.5 Å². The van der Waals surface area contributed by atoms with Gasteiger partial charge in [0.25, 0.3) is 11.8 Å². The Morgan fingerprint density at radius 3 is 2.35 bits per heavy atom. The molecule has 0 saturated carbocycles. The molecule has 2 amide bonds. The smallest absolute Gasteiger partial charge is 0.282 e. The fourth-order valence-corrected chi connectivity index (χ4v) is 4.32. The minimum atomic E-state index is -0.392. The Kier molecular flexibility index (Phi) is 5.52. The Morgan fingerprint density at radius 1 is 0.903 bits per heavy atom. The molecule has 1 aromatic heterocycles. The van der Waals surface area contributed by atoms with Gasteiger partial charge in [0.2, 0.25) is 0 Å². The maximum absolute atomic E-state index is 13.5. The lowest BCUT2D eigenvalue weighted by atomic mass is 10.1. The van der Waals surface area contributed by atoms with E-state index in [0.29, 0.717) is 28.4 Å². The Balaban J connectivity index is 1.80. The lowest BCUT2D eigenvalue weighted by Gasteiger charge is -2.19. The van der Waals surface area contributed by atoms with Crippen molar-refractivity contribution < 1.29 is 19.1 Å². The van der Waals surface area contributed by atoms with E-state index >= 15 is 0 Å². The van der Waals surface area contributed by atoms with Crippen LogP contribution in [0, 0.1) is 13.8 Å². The van der Waals surface area contributed by atoms with Crippen LogP contribution in [0.4, 0.5) is 11.4 Å². The number of amides is 2. The minimum Gasteiger partial charge on any atom is -0.493 e. The highest BCUT2D eigenvalue weighted by Crippen LogP contribution is 2.38. The maximum Gasteiger partial charge on any atom is 0.282 e. The summed E-state index contributed by atoms with van der Waals surface area (Å²) in [7, 11) is 3.11. The molecule has 0 atom stereocenters. The first kappa shape index (κ1) is 20.7. The van der Waals surface area contributed by atoms with Gasteiger partial charge in [-0.2, -0.15) is 0 Å². The average Bonchev–Trinajstić information content (AvgIpc) is 3.37. The van der Waals surface area contributed by atoms with Crippen LogP contribution in [0.1, 0.15) is 16.0 Å². The molecule has 158 valence electrons. The van der Waals surface area contributed by atoms with Crippen LogP contribution in [0.3, 0.4) is 0 Å². The Morgan fingerprint density at radius 2 is 1.68 bits per heavy atom. The van der Waals surface area contributed by atoms with Crippen LogP contribution in [-0.2, 0) is 9.59 Å². The van der Waals surface area contributed by atoms with Crippen LogP contribution < -0.4 is 19.7 Å².